The van der Waals surface area contributed by atoms with Gasteiger partial charge in [0, 0.05) is 26.7 Å². The van der Waals surface area contributed by atoms with E-state index in [0.717, 1.165) is 11.3 Å². The quantitative estimate of drug-likeness (QED) is 0.790. The van der Waals surface area contributed by atoms with E-state index < -0.39 is 6.04 Å². The van der Waals surface area contributed by atoms with Crippen molar-refractivity contribution in [1.29, 1.82) is 0 Å². The monoisotopic (exact) mass is 251 g/mol. The second-order valence-corrected chi connectivity index (χ2v) is 4.49. The highest BCUT2D eigenvalue weighted by Gasteiger charge is 2.15. The highest BCUT2D eigenvalue weighted by Crippen LogP contribution is 2.18. The smallest absolute Gasteiger partial charge is 0.217 e. The molecular weight excluding hydrogens is 234 g/mol. The van der Waals surface area contributed by atoms with Crippen LogP contribution in [0.2, 0.25) is 0 Å². The third-order valence-corrected chi connectivity index (χ3v) is 2.61. The molecule has 4 nitrogen and oxygen atoms in total. The van der Waals surface area contributed by atoms with E-state index in [-0.39, 0.29) is 10.9 Å². The molecule has 1 unspecified atom stereocenters. The molecule has 0 heterocycles. The number of thiocarbonyl (C=S) groups is 1. The van der Waals surface area contributed by atoms with Crippen LogP contribution in [0, 0.1) is 0 Å². The number of hydrogen-bond acceptors (Lipinski definition) is 3. The van der Waals surface area contributed by atoms with Crippen molar-refractivity contribution >= 4 is 28.8 Å². The van der Waals surface area contributed by atoms with E-state index in [2.05, 4.69) is 5.32 Å². The highest BCUT2D eigenvalue weighted by molar-refractivity contribution is 7.80. The van der Waals surface area contributed by atoms with E-state index in [9.17, 15) is 4.79 Å². The van der Waals surface area contributed by atoms with E-state index >= 15 is 0 Å². The van der Waals surface area contributed by atoms with Gasteiger partial charge in [0.15, 0.2) is 0 Å². The maximum Gasteiger partial charge on any atom is 0.217 e. The third kappa shape index (κ3) is 3.71. The lowest BCUT2D eigenvalue weighted by Gasteiger charge is -2.18. The van der Waals surface area contributed by atoms with Crippen molar-refractivity contribution in [2.24, 2.45) is 5.73 Å². The normalized spacial score (nSPS) is 11.7. The van der Waals surface area contributed by atoms with Gasteiger partial charge in [-0.1, -0.05) is 24.4 Å². The Bertz CT molecular complexity index is 414. The SMILES string of the molecule is CC(=O)NC(C(N)=S)c1ccc(N(C)C)cc1. The summed E-state index contributed by atoms with van der Waals surface area (Å²) in [6.45, 7) is 1.44. The maximum absolute atomic E-state index is 11.1. The van der Waals surface area contributed by atoms with Crippen LogP contribution in [0.25, 0.3) is 0 Å². The molecule has 1 aromatic rings. The molecule has 0 aliphatic heterocycles. The molecule has 0 aromatic heterocycles. The van der Waals surface area contributed by atoms with Crippen LogP contribution in [0.15, 0.2) is 24.3 Å². The van der Waals surface area contributed by atoms with E-state index in [1.807, 2.05) is 43.3 Å². The molecule has 92 valence electrons. The van der Waals surface area contributed by atoms with Gasteiger partial charge in [-0.15, -0.1) is 0 Å². The van der Waals surface area contributed by atoms with Crippen molar-refractivity contribution in [3.8, 4) is 0 Å². The number of nitrogens with zero attached hydrogens (tertiary/aromatic N) is 1. The molecule has 0 spiro atoms. The minimum atomic E-state index is -0.404. The van der Waals surface area contributed by atoms with E-state index in [1.54, 1.807) is 0 Å². The molecule has 1 rings (SSSR count). The average Bonchev–Trinajstić information content (AvgIpc) is 2.25. The summed E-state index contributed by atoms with van der Waals surface area (Å²) in [6, 6.07) is 7.34. The molecule has 0 aliphatic carbocycles. The van der Waals surface area contributed by atoms with E-state index in [0.29, 0.717) is 0 Å². The van der Waals surface area contributed by atoms with Crippen molar-refractivity contribution in [3.05, 3.63) is 29.8 Å². The second kappa shape index (κ2) is 5.63. The van der Waals surface area contributed by atoms with Gasteiger partial charge in [-0.05, 0) is 17.7 Å². The van der Waals surface area contributed by atoms with Crippen molar-refractivity contribution in [2.75, 3.05) is 19.0 Å². The summed E-state index contributed by atoms with van der Waals surface area (Å²) >= 11 is 4.95. The summed E-state index contributed by atoms with van der Waals surface area (Å²) in [5, 5.41) is 2.73. The second-order valence-electron chi connectivity index (χ2n) is 4.02. The predicted molar refractivity (Wildman–Crippen MR) is 74.1 cm³/mol. The number of anilines is 1. The van der Waals surface area contributed by atoms with Gasteiger partial charge in [0.2, 0.25) is 5.91 Å². The zero-order valence-electron chi connectivity index (χ0n) is 10.2. The molecule has 1 amide bonds. The Morgan fingerprint density at radius 2 is 1.88 bits per heavy atom. The van der Waals surface area contributed by atoms with Crippen molar-refractivity contribution in [3.63, 3.8) is 0 Å². The van der Waals surface area contributed by atoms with Crippen LogP contribution in [-0.4, -0.2) is 25.0 Å². The lowest BCUT2D eigenvalue weighted by Crippen LogP contribution is -2.35. The molecule has 1 atom stereocenters. The number of hydrogen-bond donors (Lipinski definition) is 2. The van der Waals surface area contributed by atoms with Gasteiger partial charge in [0.1, 0.15) is 11.0 Å². The number of rotatable bonds is 4. The first-order valence-electron chi connectivity index (χ1n) is 5.25. The summed E-state index contributed by atoms with van der Waals surface area (Å²) in [4.78, 5) is 13.3. The standard InChI is InChI=1S/C12H17N3OS/c1-8(16)14-11(12(13)17)9-4-6-10(7-5-9)15(2)3/h4-7,11H,1-3H3,(H2,13,17)(H,14,16). The van der Waals surface area contributed by atoms with Gasteiger partial charge in [0.25, 0.3) is 0 Å². The molecule has 3 N–H and O–H groups in total. The maximum atomic E-state index is 11.1. The molecule has 0 fully saturated rings. The Morgan fingerprint density at radius 3 is 2.24 bits per heavy atom. The van der Waals surface area contributed by atoms with Crippen LogP contribution in [0.3, 0.4) is 0 Å². The molecule has 0 saturated carbocycles. The number of amides is 1. The largest absolute Gasteiger partial charge is 0.391 e. The number of nitrogens with one attached hydrogen (secondary N) is 1. The van der Waals surface area contributed by atoms with Gasteiger partial charge < -0.3 is 16.0 Å². The number of carbonyl (C=O) groups is 1. The van der Waals surface area contributed by atoms with Crippen LogP contribution in [-0.2, 0) is 4.79 Å². The van der Waals surface area contributed by atoms with Crippen LogP contribution in [0.5, 0.6) is 0 Å². The van der Waals surface area contributed by atoms with Crippen molar-refractivity contribution < 1.29 is 4.79 Å². The fourth-order valence-corrected chi connectivity index (χ4v) is 1.68. The van der Waals surface area contributed by atoms with Gasteiger partial charge in [-0.3, -0.25) is 4.79 Å². The summed E-state index contributed by atoms with van der Waals surface area (Å²) in [7, 11) is 3.93. The topological polar surface area (TPSA) is 58.4 Å². The van der Waals surface area contributed by atoms with Crippen molar-refractivity contribution in [1.82, 2.24) is 5.32 Å². The minimum absolute atomic E-state index is 0.153. The first-order chi connectivity index (χ1) is 7.91. The summed E-state index contributed by atoms with van der Waals surface area (Å²) in [5.41, 5.74) is 7.59. The molecule has 17 heavy (non-hydrogen) atoms. The zero-order valence-corrected chi connectivity index (χ0v) is 11.0. The Balaban J connectivity index is 2.95. The molecule has 1 aromatic carbocycles. The Labute approximate surface area is 107 Å². The zero-order chi connectivity index (χ0) is 13.0. The van der Waals surface area contributed by atoms with Gasteiger partial charge in [-0.25, -0.2) is 0 Å². The van der Waals surface area contributed by atoms with Crippen LogP contribution in [0.4, 0.5) is 5.69 Å². The molecule has 0 radical (unpaired) electrons. The summed E-state index contributed by atoms with van der Waals surface area (Å²) in [6.07, 6.45) is 0. The number of nitrogens with two attached hydrogens (primary N) is 1. The van der Waals surface area contributed by atoms with Crippen molar-refractivity contribution in [2.45, 2.75) is 13.0 Å². The van der Waals surface area contributed by atoms with Gasteiger partial charge in [-0.2, -0.15) is 0 Å². The number of benzene rings is 1. The Kier molecular flexibility index (Phi) is 4.45. The fourth-order valence-electron chi connectivity index (χ4n) is 1.49. The van der Waals surface area contributed by atoms with Crippen LogP contribution in [0.1, 0.15) is 18.5 Å². The molecular formula is C12H17N3OS. The molecule has 0 aliphatic rings. The Morgan fingerprint density at radius 1 is 1.35 bits per heavy atom. The number of carbonyl (C=O) groups excluding carboxylic acids is 1. The molecule has 0 saturated heterocycles. The Hall–Kier alpha value is -1.62. The van der Waals surface area contributed by atoms with Crippen LogP contribution < -0.4 is 16.0 Å². The van der Waals surface area contributed by atoms with E-state index in [4.69, 9.17) is 18.0 Å². The first kappa shape index (κ1) is 13.4. The van der Waals surface area contributed by atoms with Gasteiger partial charge >= 0.3 is 0 Å². The predicted octanol–water partition coefficient (Wildman–Crippen LogP) is 1.22. The minimum Gasteiger partial charge on any atom is -0.391 e. The molecule has 0 bridgehead atoms. The van der Waals surface area contributed by atoms with E-state index in [1.165, 1.54) is 6.92 Å². The third-order valence-electron chi connectivity index (χ3n) is 2.37. The summed E-state index contributed by atoms with van der Waals surface area (Å²) in [5.74, 6) is -0.153. The van der Waals surface area contributed by atoms with Crippen LogP contribution >= 0.6 is 12.2 Å². The fraction of sp³-hybridized carbons (Fsp3) is 0.333. The summed E-state index contributed by atoms with van der Waals surface area (Å²) < 4.78 is 0. The lowest BCUT2D eigenvalue weighted by atomic mass is 10.1. The highest BCUT2D eigenvalue weighted by atomic mass is 32.1. The lowest BCUT2D eigenvalue weighted by molar-refractivity contribution is -0.119. The first-order valence-corrected chi connectivity index (χ1v) is 5.66. The molecule has 5 heteroatoms. The van der Waals surface area contributed by atoms with Gasteiger partial charge in [0.05, 0.1) is 0 Å². The average molecular weight is 251 g/mol.